The maximum absolute atomic E-state index is 13.4. The zero-order chi connectivity index (χ0) is 23.8. The Bertz CT molecular complexity index is 1180. The van der Waals surface area contributed by atoms with E-state index in [9.17, 15) is 26.4 Å². The van der Waals surface area contributed by atoms with Crippen LogP contribution < -0.4 is 4.90 Å². The number of nitrogens with zero attached hydrogens (tertiary/aromatic N) is 2. The van der Waals surface area contributed by atoms with Crippen LogP contribution in [0.4, 0.5) is 18.9 Å². The minimum atomic E-state index is -4.38. The molecule has 0 unspecified atom stereocenters. The van der Waals surface area contributed by atoms with Crippen LogP contribution in [0.2, 0.25) is 0 Å². The molecule has 0 atom stereocenters. The number of alkyl halides is 3. The average Bonchev–Trinajstić information content (AvgIpc) is 3.32. The summed E-state index contributed by atoms with van der Waals surface area (Å²) in [5, 5.41) is 0. The van der Waals surface area contributed by atoms with E-state index in [1.807, 2.05) is 4.90 Å². The van der Waals surface area contributed by atoms with E-state index >= 15 is 0 Å². The molecular formula is C24H25F3N2O3S. The molecule has 9 heteroatoms. The van der Waals surface area contributed by atoms with Gasteiger partial charge in [0, 0.05) is 43.7 Å². The molecule has 0 radical (unpaired) electrons. The summed E-state index contributed by atoms with van der Waals surface area (Å²) < 4.78 is 62.6. The van der Waals surface area contributed by atoms with Crippen LogP contribution in [0.15, 0.2) is 53.4 Å². The van der Waals surface area contributed by atoms with E-state index in [1.165, 1.54) is 18.2 Å². The number of amides is 1. The molecule has 0 bridgehead atoms. The van der Waals surface area contributed by atoms with Crippen molar-refractivity contribution in [1.82, 2.24) is 4.90 Å². The van der Waals surface area contributed by atoms with Gasteiger partial charge in [-0.15, -0.1) is 0 Å². The molecule has 0 saturated carbocycles. The van der Waals surface area contributed by atoms with Crippen LogP contribution in [-0.4, -0.2) is 51.7 Å². The van der Waals surface area contributed by atoms with Crippen molar-refractivity contribution in [2.75, 3.05) is 37.3 Å². The fourth-order valence-electron chi connectivity index (χ4n) is 4.33. The molecule has 0 aromatic heterocycles. The Morgan fingerprint density at radius 2 is 1.64 bits per heavy atom. The first-order valence-corrected chi connectivity index (χ1v) is 12.7. The van der Waals surface area contributed by atoms with Gasteiger partial charge in [-0.3, -0.25) is 4.79 Å². The van der Waals surface area contributed by atoms with Gasteiger partial charge < -0.3 is 9.80 Å². The standard InChI is InChI=1S/C24H25F3N2O3S/c1-33(31,32)20-10-11-21(17-4-2-3-5-17)22(16-20)23(30)29-14-12-28(13-15-29)19-8-6-18(7-9-19)24(25,26)27/h4,6-11,16H,2-3,5,12-15H2,1H3. The van der Waals surface area contributed by atoms with Gasteiger partial charge >= 0.3 is 6.18 Å². The number of rotatable bonds is 4. The monoisotopic (exact) mass is 478 g/mol. The van der Waals surface area contributed by atoms with Crippen LogP contribution in [-0.2, 0) is 16.0 Å². The van der Waals surface area contributed by atoms with E-state index in [1.54, 1.807) is 17.0 Å². The number of halogens is 3. The SMILES string of the molecule is CS(=O)(=O)c1ccc(C2=CCCC2)c(C(=O)N2CCN(c3ccc(C(F)(F)F)cc3)CC2)c1. The number of anilines is 1. The van der Waals surface area contributed by atoms with Gasteiger partial charge in [-0.05, 0) is 66.8 Å². The van der Waals surface area contributed by atoms with Crippen LogP contribution in [0, 0.1) is 0 Å². The summed E-state index contributed by atoms with van der Waals surface area (Å²) in [6.07, 6.45) is 1.62. The van der Waals surface area contributed by atoms with E-state index in [2.05, 4.69) is 6.08 Å². The lowest BCUT2D eigenvalue weighted by molar-refractivity contribution is -0.137. The summed E-state index contributed by atoms with van der Waals surface area (Å²) >= 11 is 0. The highest BCUT2D eigenvalue weighted by Gasteiger charge is 2.31. The minimum absolute atomic E-state index is 0.108. The first kappa shape index (κ1) is 23.4. The van der Waals surface area contributed by atoms with E-state index < -0.39 is 21.6 Å². The molecule has 4 rings (SSSR count). The summed E-state index contributed by atoms with van der Waals surface area (Å²) in [5.41, 5.74) is 2.19. The quantitative estimate of drug-likeness (QED) is 0.643. The number of piperazine rings is 1. The van der Waals surface area contributed by atoms with E-state index in [4.69, 9.17) is 0 Å². The number of allylic oxidation sites excluding steroid dienone is 2. The fraction of sp³-hybridized carbons (Fsp3) is 0.375. The van der Waals surface area contributed by atoms with Crippen LogP contribution in [0.3, 0.4) is 0 Å². The molecule has 0 spiro atoms. The van der Waals surface area contributed by atoms with Crippen LogP contribution >= 0.6 is 0 Å². The fourth-order valence-corrected chi connectivity index (χ4v) is 4.97. The van der Waals surface area contributed by atoms with Crippen molar-refractivity contribution in [2.24, 2.45) is 0 Å². The third-order valence-corrected chi connectivity index (χ3v) is 7.27. The second-order valence-electron chi connectivity index (χ2n) is 8.43. The van der Waals surface area contributed by atoms with Crippen molar-refractivity contribution >= 4 is 27.0 Å². The van der Waals surface area contributed by atoms with E-state index in [-0.39, 0.29) is 10.8 Å². The highest BCUT2D eigenvalue weighted by Crippen LogP contribution is 2.33. The molecule has 176 valence electrons. The predicted molar refractivity (Wildman–Crippen MR) is 121 cm³/mol. The van der Waals surface area contributed by atoms with E-state index in [0.717, 1.165) is 48.8 Å². The zero-order valence-corrected chi connectivity index (χ0v) is 19.0. The Labute approximate surface area is 191 Å². The third kappa shape index (κ3) is 5.08. The molecular weight excluding hydrogens is 453 g/mol. The zero-order valence-electron chi connectivity index (χ0n) is 18.2. The summed E-state index contributed by atoms with van der Waals surface area (Å²) in [5.74, 6) is -0.227. The Morgan fingerprint density at radius 3 is 2.18 bits per heavy atom. The Hall–Kier alpha value is -2.81. The van der Waals surface area contributed by atoms with Gasteiger partial charge in [-0.1, -0.05) is 12.1 Å². The molecule has 2 aliphatic rings. The first-order chi connectivity index (χ1) is 15.5. The largest absolute Gasteiger partial charge is 0.416 e. The lowest BCUT2D eigenvalue weighted by Crippen LogP contribution is -2.49. The normalized spacial score (nSPS) is 17.3. The smallest absolute Gasteiger partial charge is 0.368 e. The van der Waals surface area contributed by atoms with Crippen LogP contribution in [0.5, 0.6) is 0 Å². The molecule has 1 aliphatic heterocycles. The second kappa shape index (κ2) is 8.85. The molecule has 0 N–H and O–H groups in total. The molecule has 1 saturated heterocycles. The number of sulfone groups is 1. The van der Waals surface area contributed by atoms with Crippen molar-refractivity contribution < 1.29 is 26.4 Å². The van der Waals surface area contributed by atoms with Crippen molar-refractivity contribution in [2.45, 2.75) is 30.3 Å². The van der Waals surface area contributed by atoms with Crippen LogP contribution in [0.25, 0.3) is 5.57 Å². The van der Waals surface area contributed by atoms with Gasteiger partial charge in [0.25, 0.3) is 5.91 Å². The Kier molecular flexibility index (Phi) is 6.26. The minimum Gasteiger partial charge on any atom is -0.368 e. The second-order valence-corrected chi connectivity index (χ2v) is 10.4. The maximum atomic E-state index is 13.4. The lowest BCUT2D eigenvalue weighted by Gasteiger charge is -2.36. The molecule has 5 nitrogen and oxygen atoms in total. The van der Waals surface area contributed by atoms with Crippen molar-refractivity contribution in [1.29, 1.82) is 0 Å². The molecule has 2 aromatic carbocycles. The van der Waals surface area contributed by atoms with Crippen LogP contribution in [0.1, 0.15) is 40.7 Å². The van der Waals surface area contributed by atoms with Crippen molar-refractivity contribution in [3.63, 3.8) is 0 Å². The average molecular weight is 479 g/mol. The first-order valence-electron chi connectivity index (χ1n) is 10.8. The molecule has 1 aliphatic carbocycles. The lowest BCUT2D eigenvalue weighted by atomic mass is 9.98. The maximum Gasteiger partial charge on any atom is 0.416 e. The highest BCUT2D eigenvalue weighted by molar-refractivity contribution is 7.90. The highest BCUT2D eigenvalue weighted by atomic mass is 32.2. The van der Waals surface area contributed by atoms with Gasteiger partial charge in [0.1, 0.15) is 0 Å². The van der Waals surface area contributed by atoms with Gasteiger partial charge in [0.05, 0.1) is 10.5 Å². The topological polar surface area (TPSA) is 57.7 Å². The molecule has 2 aromatic rings. The number of hydrogen-bond donors (Lipinski definition) is 0. The molecule has 33 heavy (non-hydrogen) atoms. The molecule has 1 amide bonds. The number of hydrogen-bond acceptors (Lipinski definition) is 4. The molecule has 1 heterocycles. The van der Waals surface area contributed by atoms with E-state index in [0.29, 0.717) is 37.4 Å². The van der Waals surface area contributed by atoms with Crippen molar-refractivity contribution in [3.8, 4) is 0 Å². The van der Waals surface area contributed by atoms with Gasteiger partial charge in [0.2, 0.25) is 0 Å². The predicted octanol–water partition coefficient (Wildman–Crippen LogP) is 4.64. The summed E-state index contributed by atoms with van der Waals surface area (Å²) in [7, 11) is -3.47. The van der Waals surface area contributed by atoms with Gasteiger partial charge in [-0.2, -0.15) is 13.2 Å². The third-order valence-electron chi connectivity index (χ3n) is 6.16. The summed E-state index contributed by atoms with van der Waals surface area (Å²) in [6.45, 7) is 1.73. The summed E-state index contributed by atoms with van der Waals surface area (Å²) in [4.78, 5) is 17.1. The Balaban J connectivity index is 1.52. The number of carbonyl (C=O) groups excluding carboxylic acids is 1. The van der Waals surface area contributed by atoms with Gasteiger partial charge in [-0.25, -0.2) is 8.42 Å². The Morgan fingerprint density at radius 1 is 0.970 bits per heavy atom. The van der Waals surface area contributed by atoms with Gasteiger partial charge in [0.15, 0.2) is 9.84 Å². The number of carbonyl (C=O) groups is 1. The summed E-state index contributed by atoms with van der Waals surface area (Å²) in [6, 6.07) is 9.74. The number of benzene rings is 2. The molecule has 1 fully saturated rings. The van der Waals surface area contributed by atoms with Crippen molar-refractivity contribution in [3.05, 3.63) is 65.2 Å².